The summed E-state index contributed by atoms with van der Waals surface area (Å²) in [6.07, 6.45) is 1.47. The molecule has 0 bridgehead atoms. The van der Waals surface area contributed by atoms with Gasteiger partial charge in [-0.25, -0.2) is 5.43 Å². The van der Waals surface area contributed by atoms with Crippen molar-refractivity contribution in [3.63, 3.8) is 0 Å². The number of ether oxygens (including phenoxy) is 2. The van der Waals surface area contributed by atoms with Gasteiger partial charge < -0.3 is 9.47 Å². The Labute approximate surface area is 178 Å². The van der Waals surface area contributed by atoms with E-state index in [2.05, 4.69) is 15.5 Å². The minimum Gasteiger partial charge on any atom is -0.495 e. The number of hydrogen-bond acceptors (Lipinski definition) is 7. The van der Waals surface area contributed by atoms with E-state index in [-0.39, 0.29) is 11.7 Å². The molecule has 0 aliphatic rings. The summed E-state index contributed by atoms with van der Waals surface area (Å²) in [4.78, 5) is 17.7. The van der Waals surface area contributed by atoms with Crippen molar-refractivity contribution < 1.29 is 14.3 Å². The number of carbonyl (C=O) groups excluding carboxylic acids is 1. The number of hydrazone groups is 1. The molecule has 0 aliphatic heterocycles. The molecule has 8 heteroatoms. The standard InChI is InChI=1S/C22H20N4O3S/c1-14-8-21(16-6-4-5-7-18(16)25-14)30-13-22(27)26-24-12-15-9-19(28-2)17(11-23)20(10-15)29-3/h4-10,12H,13H2,1-3H3,(H,26,27)/b24-12+. The van der Waals surface area contributed by atoms with E-state index in [4.69, 9.17) is 9.47 Å². The lowest BCUT2D eigenvalue weighted by molar-refractivity contribution is -0.118. The maximum Gasteiger partial charge on any atom is 0.250 e. The van der Waals surface area contributed by atoms with Crippen molar-refractivity contribution in [1.82, 2.24) is 10.4 Å². The molecule has 152 valence electrons. The number of nitriles is 1. The van der Waals surface area contributed by atoms with E-state index in [1.165, 1.54) is 32.2 Å². The SMILES string of the molecule is COc1cc(/C=N/NC(=O)CSc2cc(C)nc3ccccc23)cc(OC)c1C#N. The number of carbonyl (C=O) groups is 1. The van der Waals surface area contributed by atoms with E-state index in [0.717, 1.165) is 21.5 Å². The predicted octanol–water partition coefficient (Wildman–Crippen LogP) is 3.67. The molecule has 3 rings (SSSR count). The van der Waals surface area contributed by atoms with Crippen LogP contribution in [0.2, 0.25) is 0 Å². The number of pyridine rings is 1. The second-order valence-corrected chi connectivity index (χ2v) is 7.29. The maximum atomic E-state index is 12.2. The monoisotopic (exact) mass is 420 g/mol. The first-order valence-corrected chi connectivity index (χ1v) is 10.0. The molecular weight excluding hydrogens is 400 g/mol. The molecule has 1 aromatic heterocycles. The Morgan fingerprint density at radius 2 is 1.93 bits per heavy atom. The summed E-state index contributed by atoms with van der Waals surface area (Å²) in [7, 11) is 2.94. The Balaban J connectivity index is 1.66. The van der Waals surface area contributed by atoms with Crippen molar-refractivity contribution in [1.29, 1.82) is 5.26 Å². The number of benzene rings is 2. The molecule has 2 aromatic carbocycles. The lowest BCUT2D eigenvalue weighted by Crippen LogP contribution is -2.19. The number of aromatic nitrogens is 1. The summed E-state index contributed by atoms with van der Waals surface area (Å²) >= 11 is 1.43. The third kappa shape index (κ3) is 4.88. The van der Waals surface area contributed by atoms with Crippen molar-refractivity contribution in [3.8, 4) is 17.6 Å². The Bertz CT molecular complexity index is 1130. The molecule has 0 spiro atoms. The van der Waals surface area contributed by atoms with E-state index >= 15 is 0 Å². The summed E-state index contributed by atoms with van der Waals surface area (Å²) in [5, 5.41) is 14.2. The number of nitrogens with one attached hydrogen (secondary N) is 1. The Hall–Kier alpha value is -3.57. The van der Waals surface area contributed by atoms with Crippen LogP contribution in [0, 0.1) is 18.3 Å². The van der Waals surface area contributed by atoms with Gasteiger partial charge in [-0.1, -0.05) is 18.2 Å². The first kappa shape index (κ1) is 21.1. The molecule has 0 aliphatic carbocycles. The highest BCUT2D eigenvalue weighted by Gasteiger charge is 2.11. The predicted molar refractivity (Wildman–Crippen MR) is 117 cm³/mol. The van der Waals surface area contributed by atoms with Gasteiger partial charge in [-0.05, 0) is 31.2 Å². The van der Waals surface area contributed by atoms with Gasteiger partial charge in [0.05, 0.1) is 31.7 Å². The molecule has 1 N–H and O–H groups in total. The van der Waals surface area contributed by atoms with E-state index < -0.39 is 0 Å². The quantitative estimate of drug-likeness (QED) is 0.356. The summed E-state index contributed by atoms with van der Waals surface area (Å²) in [5.41, 5.74) is 5.26. The summed E-state index contributed by atoms with van der Waals surface area (Å²) in [6, 6.07) is 15.2. The Morgan fingerprint density at radius 3 is 2.60 bits per heavy atom. The number of amides is 1. The molecule has 0 unspecified atom stereocenters. The molecule has 0 fully saturated rings. The second kappa shape index (κ2) is 9.76. The molecular formula is C22H20N4O3S. The molecule has 7 nitrogen and oxygen atoms in total. The van der Waals surface area contributed by atoms with Gasteiger partial charge in [0.1, 0.15) is 23.1 Å². The van der Waals surface area contributed by atoms with Gasteiger partial charge in [0.25, 0.3) is 0 Å². The van der Waals surface area contributed by atoms with Crippen LogP contribution in [0.1, 0.15) is 16.8 Å². The molecule has 30 heavy (non-hydrogen) atoms. The molecule has 1 heterocycles. The maximum absolute atomic E-state index is 12.2. The zero-order valence-electron chi connectivity index (χ0n) is 16.8. The Kier molecular flexibility index (Phi) is 6.88. The number of rotatable bonds is 7. The molecule has 1 amide bonds. The van der Waals surface area contributed by atoms with Crippen LogP contribution in [0.5, 0.6) is 11.5 Å². The van der Waals surface area contributed by atoms with Crippen molar-refractivity contribution in [2.24, 2.45) is 5.10 Å². The van der Waals surface area contributed by atoms with E-state index in [9.17, 15) is 10.1 Å². The number of para-hydroxylation sites is 1. The molecule has 0 atom stereocenters. The lowest BCUT2D eigenvalue weighted by Gasteiger charge is -2.09. The molecule has 0 radical (unpaired) electrons. The van der Waals surface area contributed by atoms with Gasteiger partial charge in [0.15, 0.2) is 0 Å². The number of hydrogen-bond donors (Lipinski definition) is 1. The third-order valence-electron chi connectivity index (χ3n) is 4.21. The minimum atomic E-state index is -0.234. The molecule has 3 aromatic rings. The first-order valence-electron chi connectivity index (χ1n) is 9.03. The van der Waals surface area contributed by atoms with E-state index in [1.54, 1.807) is 12.1 Å². The zero-order valence-corrected chi connectivity index (χ0v) is 17.6. The summed E-state index contributed by atoms with van der Waals surface area (Å²) < 4.78 is 10.4. The van der Waals surface area contributed by atoms with Crippen LogP contribution >= 0.6 is 11.8 Å². The molecule has 0 saturated heterocycles. The summed E-state index contributed by atoms with van der Waals surface area (Å²) in [6.45, 7) is 1.93. The van der Waals surface area contributed by atoms with E-state index in [1.807, 2.05) is 43.3 Å². The van der Waals surface area contributed by atoms with Gasteiger partial charge in [-0.2, -0.15) is 10.4 Å². The average molecular weight is 420 g/mol. The lowest BCUT2D eigenvalue weighted by atomic mass is 10.1. The Morgan fingerprint density at radius 1 is 1.23 bits per heavy atom. The van der Waals surface area contributed by atoms with Gasteiger partial charge in [0, 0.05) is 21.5 Å². The van der Waals surface area contributed by atoms with Crippen molar-refractivity contribution in [2.45, 2.75) is 11.8 Å². The van der Waals surface area contributed by atoms with Crippen LogP contribution in [0.4, 0.5) is 0 Å². The first-order chi connectivity index (χ1) is 14.5. The topological polar surface area (TPSA) is 96.6 Å². The van der Waals surface area contributed by atoms with Crippen molar-refractivity contribution in [3.05, 3.63) is 59.3 Å². The van der Waals surface area contributed by atoms with Crippen LogP contribution < -0.4 is 14.9 Å². The van der Waals surface area contributed by atoms with Crippen LogP contribution in [0.25, 0.3) is 10.9 Å². The van der Waals surface area contributed by atoms with Crippen LogP contribution in [0.3, 0.4) is 0 Å². The van der Waals surface area contributed by atoms with Crippen LogP contribution in [0.15, 0.2) is 52.5 Å². The zero-order chi connectivity index (χ0) is 21.5. The number of methoxy groups -OCH3 is 2. The highest BCUT2D eigenvalue weighted by molar-refractivity contribution is 8.00. The van der Waals surface area contributed by atoms with Crippen LogP contribution in [-0.2, 0) is 4.79 Å². The fourth-order valence-electron chi connectivity index (χ4n) is 2.86. The van der Waals surface area contributed by atoms with Crippen LogP contribution in [-0.4, -0.2) is 37.1 Å². The van der Waals surface area contributed by atoms with Gasteiger partial charge in [0.2, 0.25) is 5.91 Å². The number of aryl methyl sites for hydroxylation is 1. The minimum absolute atomic E-state index is 0.213. The average Bonchev–Trinajstić information content (AvgIpc) is 2.76. The largest absolute Gasteiger partial charge is 0.495 e. The van der Waals surface area contributed by atoms with Gasteiger partial charge in [-0.3, -0.25) is 9.78 Å². The normalized spacial score (nSPS) is 10.7. The summed E-state index contributed by atoms with van der Waals surface area (Å²) in [5.74, 6) is 0.729. The number of fused-ring (bicyclic) bond motifs is 1. The highest BCUT2D eigenvalue weighted by atomic mass is 32.2. The van der Waals surface area contributed by atoms with Crippen molar-refractivity contribution in [2.75, 3.05) is 20.0 Å². The fraction of sp³-hybridized carbons (Fsp3) is 0.182. The van der Waals surface area contributed by atoms with Gasteiger partial charge in [-0.15, -0.1) is 11.8 Å². The second-order valence-electron chi connectivity index (χ2n) is 6.27. The number of thioether (sulfide) groups is 1. The third-order valence-corrected chi connectivity index (χ3v) is 5.26. The van der Waals surface area contributed by atoms with E-state index in [0.29, 0.717) is 22.6 Å². The van der Waals surface area contributed by atoms with Crippen molar-refractivity contribution >= 4 is 34.8 Å². The number of nitrogens with zero attached hydrogens (tertiary/aromatic N) is 3. The van der Waals surface area contributed by atoms with Gasteiger partial charge >= 0.3 is 0 Å². The fourth-order valence-corrected chi connectivity index (χ4v) is 3.79. The highest BCUT2D eigenvalue weighted by Crippen LogP contribution is 2.29. The molecule has 0 saturated carbocycles. The smallest absolute Gasteiger partial charge is 0.250 e.